The number of allylic oxidation sites excluding steroid dienone is 1. The van der Waals surface area contributed by atoms with Crippen molar-refractivity contribution < 1.29 is 0 Å². The molecule has 0 unspecified atom stereocenters. The molecular weight excluding hydrogens is 300 g/mol. The highest BCUT2D eigenvalue weighted by Gasteiger charge is 2.42. The van der Waals surface area contributed by atoms with Gasteiger partial charge in [0.1, 0.15) is 0 Å². The topological polar surface area (TPSA) is 24.4 Å². The number of rotatable bonds is 3. The van der Waals surface area contributed by atoms with Crippen LogP contribution in [0.3, 0.4) is 0 Å². The van der Waals surface area contributed by atoms with Crippen molar-refractivity contribution >= 4 is 16.8 Å². The summed E-state index contributed by atoms with van der Waals surface area (Å²) in [6, 6.07) is 21.7. The van der Waals surface area contributed by atoms with Crippen molar-refractivity contribution in [3.8, 4) is 0 Å². The van der Waals surface area contributed by atoms with Crippen LogP contribution in [-0.4, -0.2) is 23.9 Å². The van der Waals surface area contributed by atoms with Gasteiger partial charge in [-0.05, 0) is 23.6 Å². The summed E-state index contributed by atoms with van der Waals surface area (Å²) < 4.78 is 0. The van der Waals surface area contributed by atoms with Crippen molar-refractivity contribution in [1.29, 1.82) is 0 Å². The number of nitrogens with zero attached hydrogens (tertiary/aromatic N) is 1. The Morgan fingerprint density at radius 3 is 2.17 bits per heavy atom. The minimum absolute atomic E-state index is 0.0891. The van der Waals surface area contributed by atoms with Gasteiger partial charge in [0.25, 0.3) is 0 Å². The first kappa shape index (κ1) is 14.6. The fourth-order valence-corrected chi connectivity index (χ4v) is 4.39. The van der Waals surface area contributed by atoms with Crippen LogP contribution in [-0.2, 0) is 5.41 Å². The first-order valence-electron chi connectivity index (χ1n) is 8.14. The van der Waals surface area contributed by atoms with Crippen molar-refractivity contribution in [2.75, 3.05) is 18.8 Å². The molecular formula is C20H20N2S. The zero-order chi connectivity index (χ0) is 15.5. The summed E-state index contributed by atoms with van der Waals surface area (Å²) in [5, 5.41) is 4.80. The van der Waals surface area contributed by atoms with Gasteiger partial charge in [0, 0.05) is 24.5 Å². The second kappa shape index (κ2) is 6.25. The number of benzene rings is 2. The van der Waals surface area contributed by atoms with Gasteiger partial charge in [-0.3, -0.25) is 4.99 Å². The molecule has 2 aliphatic heterocycles. The van der Waals surface area contributed by atoms with Crippen LogP contribution < -0.4 is 5.32 Å². The first-order chi connectivity index (χ1) is 11.4. The quantitative estimate of drug-likeness (QED) is 0.924. The molecule has 0 bridgehead atoms. The van der Waals surface area contributed by atoms with E-state index >= 15 is 0 Å². The first-order valence-corrected chi connectivity index (χ1v) is 9.12. The summed E-state index contributed by atoms with van der Waals surface area (Å²) >= 11 is 1.85. The average molecular weight is 320 g/mol. The van der Waals surface area contributed by atoms with Gasteiger partial charge < -0.3 is 5.32 Å². The molecule has 2 heterocycles. The van der Waals surface area contributed by atoms with E-state index in [0.29, 0.717) is 0 Å². The van der Waals surface area contributed by atoms with E-state index in [1.54, 1.807) is 0 Å². The lowest BCUT2D eigenvalue weighted by atomic mass is 9.71. The highest BCUT2D eigenvalue weighted by atomic mass is 32.2. The SMILES string of the molecule is C(/C1=NCCS1)=C1/NCCC1(c1ccccc1)c1ccccc1. The van der Waals surface area contributed by atoms with Crippen LogP contribution in [0.25, 0.3) is 0 Å². The van der Waals surface area contributed by atoms with Crippen LogP contribution in [0.5, 0.6) is 0 Å². The fraction of sp³-hybridized carbons (Fsp3) is 0.250. The van der Waals surface area contributed by atoms with Gasteiger partial charge in [0.2, 0.25) is 0 Å². The van der Waals surface area contributed by atoms with E-state index in [4.69, 9.17) is 0 Å². The summed E-state index contributed by atoms with van der Waals surface area (Å²) in [7, 11) is 0. The van der Waals surface area contributed by atoms with Crippen LogP contribution in [0.15, 0.2) is 77.4 Å². The van der Waals surface area contributed by atoms with Gasteiger partial charge in [0.05, 0.1) is 10.5 Å². The van der Waals surface area contributed by atoms with Gasteiger partial charge >= 0.3 is 0 Å². The van der Waals surface area contributed by atoms with Crippen LogP contribution in [0.1, 0.15) is 17.5 Å². The Bertz CT molecular complexity index is 695. The maximum atomic E-state index is 4.62. The maximum absolute atomic E-state index is 4.62. The number of hydrogen-bond acceptors (Lipinski definition) is 3. The van der Waals surface area contributed by atoms with Crippen molar-refractivity contribution in [2.24, 2.45) is 4.99 Å². The zero-order valence-corrected chi connectivity index (χ0v) is 13.9. The third-order valence-electron chi connectivity index (χ3n) is 4.69. The van der Waals surface area contributed by atoms with E-state index in [9.17, 15) is 0 Å². The van der Waals surface area contributed by atoms with Crippen LogP contribution >= 0.6 is 11.8 Å². The number of thioether (sulfide) groups is 1. The van der Waals surface area contributed by atoms with Gasteiger partial charge in [-0.1, -0.05) is 60.7 Å². The summed E-state index contributed by atoms with van der Waals surface area (Å²) in [6.45, 7) is 1.93. The molecule has 2 aromatic rings. The molecule has 0 atom stereocenters. The Morgan fingerprint density at radius 2 is 1.61 bits per heavy atom. The Kier molecular flexibility index (Phi) is 3.96. The van der Waals surface area contributed by atoms with Gasteiger partial charge in [0.15, 0.2) is 0 Å². The summed E-state index contributed by atoms with van der Waals surface area (Å²) in [5.74, 6) is 1.10. The maximum Gasteiger partial charge on any atom is 0.0923 e. The molecule has 4 rings (SSSR count). The smallest absolute Gasteiger partial charge is 0.0923 e. The lowest BCUT2D eigenvalue weighted by molar-refractivity contribution is 0.631. The minimum Gasteiger partial charge on any atom is -0.387 e. The predicted octanol–water partition coefficient (Wildman–Crippen LogP) is 4.00. The molecule has 1 saturated heterocycles. The molecule has 2 aromatic carbocycles. The normalized spacial score (nSPS) is 21.2. The van der Waals surface area contributed by atoms with Crippen LogP contribution in [0.4, 0.5) is 0 Å². The Hall–Kier alpha value is -2.00. The summed E-state index contributed by atoms with van der Waals surface area (Å²) in [6.07, 6.45) is 3.34. The minimum atomic E-state index is -0.0891. The molecule has 0 radical (unpaired) electrons. The van der Waals surface area contributed by atoms with Crippen LogP contribution in [0, 0.1) is 0 Å². The number of hydrogen-bond donors (Lipinski definition) is 1. The Labute approximate surface area is 141 Å². The molecule has 23 heavy (non-hydrogen) atoms. The van der Waals surface area contributed by atoms with Crippen molar-refractivity contribution in [1.82, 2.24) is 5.32 Å². The lowest BCUT2D eigenvalue weighted by Gasteiger charge is -2.31. The predicted molar refractivity (Wildman–Crippen MR) is 99.1 cm³/mol. The molecule has 2 aliphatic rings. The summed E-state index contributed by atoms with van der Waals surface area (Å²) in [4.78, 5) is 4.62. The third-order valence-corrected chi connectivity index (χ3v) is 5.61. The lowest BCUT2D eigenvalue weighted by Crippen LogP contribution is -2.29. The van der Waals surface area contributed by atoms with Crippen molar-refractivity contribution in [3.05, 3.63) is 83.6 Å². The van der Waals surface area contributed by atoms with E-state index in [1.165, 1.54) is 16.8 Å². The number of nitrogens with one attached hydrogen (secondary N) is 1. The number of aliphatic imine (C=N–C) groups is 1. The van der Waals surface area contributed by atoms with Gasteiger partial charge in [-0.2, -0.15) is 0 Å². The molecule has 0 saturated carbocycles. The van der Waals surface area contributed by atoms with Crippen molar-refractivity contribution in [3.63, 3.8) is 0 Å². The van der Waals surface area contributed by atoms with E-state index < -0.39 is 0 Å². The highest BCUT2D eigenvalue weighted by molar-refractivity contribution is 8.14. The third kappa shape index (κ3) is 2.59. The Balaban J connectivity index is 1.89. The van der Waals surface area contributed by atoms with E-state index in [1.807, 2.05) is 11.8 Å². The highest BCUT2D eigenvalue weighted by Crippen LogP contribution is 2.44. The monoisotopic (exact) mass is 320 g/mol. The molecule has 0 spiro atoms. The Morgan fingerprint density at radius 1 is 0.957 bits per heavy atom. The average Bonchev–Trinajstić information content (AvgIpc) is 3.27. The molecule has 0 aromatic heterocycles. The molecule has 2 nitrogen and oxygen atoms in total. The van der Waals surface area contributed by atoms with Gasteiger partial charge in [-0.15, -0.1) is 11.8 Å². The van der Waals surface area contributed by atoms with E-state index in [-0.39, 0.29) is 5.41 Å². The van der Waals surface area contributed by atoms with Gasteiger partial charge in [-0.25, -0.2) is 0 Å². The standard InChI is InChI=1S/C20H20N2S/c1-3-7-16(8-4-1)20(17-9-5-2-6-10-17)11-12-21-18(20)15-19-22-13-14-23-19/h1-10,15,21H,11-14H2/b18-15-. The molecule has 0 aliphatic carbocycles. The molecule has 0 amide bonds. The fourth-order valence-electron chi connectivity index (χ4n) is 3.62. The second-order valence-corrected chi connectivity index (χ2v) is 7.06. The molecule has 116 valence electrons. The molecule has 3 heteroatoms. The molecule has 1 fully saturated rings. The molecule has 1 N–H and O–H groups in total. The largest absolute Gasteiger partial charge is 0.387 e. The van der Waals surface area contributed by atoms with Crippen LogP contribution in [0.2, 0.25) is 0 Å². The summed E-state index contributed by atoms with van der Waals surface area (Å²) in [5.41, 5.74) is 3.90. The second-order valence-electron chi connectivity index (χ2n) is 5.94. The van der Waals surface area contributed by atoms with E-state index in [2.05, 4.69) is 77.0 Å². The zero-order valence-electron chi connectivity index (χ0n) is 13.0. The van der Waals surface area contributed by atoms with E-state index in [0.717, 1.165) is 30.3 Å². The van der Waals surface area contributed by atoms with Crippen molar-refractivity contribution in [2.45, 2.75) is 11.8 Å².